The topological polar surface area (TPSA) is 66.4 Å². The van der Waals surface area contributed by atoms with Gasteiger partial charge in [0.15, 0.2) is 17.5 Å². The van der Waals surface area contributed by atoms with Gasteiger partial charge in [-0.05, 0) is 25.0 Å². The van der Waals surface area contributed by atoms with Crippen molar-refractivity contribution in [3.05, 3.63) is 29.6 Å². The number of carbonyl (C=O) groups is 2. The fourth-order valence-corrected chi connectivity index (χ4v) is 2.42. The zero-order valence-electron chi connectivity index (χ0n) is 10.3. The summed E-state index contributed by atoms with van der Waals surface area (Å²) in [5.74, 6) is -7.94. The number of nitrogens with one attached hydrogen (secondary N) is 1. The van der Waals surface area contributed by atoms with Gasteiger partial charge in [-0.15, -0.1) is 0 Å². The SMILES string of the molecule is O=C(O)C1CCCC1C(=O)Nc1ccc(F)c(F)c1F. The number of amides is 1. The van der Waals surface area contributed by atoms with Crippen LogP contribution in [0.25, 0.3) is 0 Å². The van der Waals surface area contributed by atoms with E-state index in [-0.39, 0.29) is 0 Å². The Kier molecular flexibility index (Phi) is 3.96. The van der Waals surface area contributed by atoms with Crippen molar-refractivity contribution in [1.29, 1.82) is 0 Å². The van der Waals surface area contributed by atoms with Gasteiger partial charge in [0.05, 0.1) is 17.5 Å². The van der Waals surface area contributed by atoms with Gasteiger partial charge < -0.3 is 10.4 Å². The number of carboxylic acids is 1. The minimum absolute atomic E-state index is 0.369. The monoisotopic (exact) mass is 287 g/mol. The second kappa shape index (κ2) is 5.52. The van der Waals surface area contributed by atoms with Crippen LogP contribution in [0.5, 0.6) is 0 Å². The molecular weight excluding hydrogens is 275 g/mol. The van der Waals surface area contributed by atoms with E-state index in [9.17, 15) is 22.8 Å². The standard InChI is InChI=1S/C13H12F3NO3/c14-8-4-5-9(11(16)10(8)15)17-12(18)6-2-1-3-7(6)13(19)20/h4-7H,1-3H2,(H,17,18)(H,19,20). The van der Waals surface area contributed by atoms with Crippen molar-refractivity contribution in [3.63, 3.8) is 0 Å². The zero-order chi connectivity index (χ0) is 14.9. The predicted molar refractivity (Wildman–Crippen MR) is 63.4 cm³/mol. The van der Waals surface area contributed by atoms with Gasteiger partial charge in [0, 0.05) is 0 Å². The first-order valence-electron chi connectivity index (χ1n) is 6.09. The van der Waals surface area contributed by atoms with Gasteiger partial charge in [0.1, 0.15) is 0 Å². The van der Waals surface area contributed by atoms with E-state index >= 15 is 0 Å². The van der Waals surface area contributed by atoms with Crippen molar-refractivity contribution in [3.8, 4) is 0 Å². The smallest absolute Gasteiger partial charge is 0.307 e. The molecule has 2 atom stereocenters. The van der Waals surface area contributed by atoms with E-state index in [2.05, 4.69) is 5.32 Å². The van der Waals surface area contributed by atoms with E-state index < -0.39 is 46.9 Å². The lowest BCUT2D eigenvalue weighted by Crippen LogP contribution is -2.30. The summed E-state index contributed by atoms with van der Waals surface area (Å²) in [5.41, 5.74) is -0.495. The summed E-state index contributed by atoms with van der Waals surface area (Å²) in [5, 5.41) is 11.1. The fraction of sp³-hybridized carbons (Fsp3) is 0.385. The van der Waals surface area contributed by atoms with Gasteiger partial charge in [-0.2, -0.15) is 0 Å². The molecule has 1 amide bonds. The number of carbonyl (C=O) groups excluding carboxylic acids is 1. The van der Waals surface area contributed by atoms with Crippen molar-refractivity contribution < 1.29 is 27.9 Å². The highest BCUT2D eigenvalue weighted by Gasteiger charge is 2.38. The van der Waals surface area contributed by atoms with E-state index in [4.69, 9.17) is 5.11 Å². The maximum atomic E-state index is 13.4. The van der Waals surface area contributed by atoms with Crippen molar-refractivity contribution in [1.82, 2.24) is 0 Å². The molecule has 1 aliphatic carbocycles. The van der Waals surface area contributed by atoms with Crippen LogP contribution in [0.2, 0.25) is 0 Å². The molecule has 0 aliphatic heterocycles. The third kappa shape index (κ3) is 2.61. The van der Waals surface area contributed by atoms with Gasteiger partial charge in [0.25, 0.3) is 0 Å². The molecule has 1 fully saturated rings. The summed E-state index contributed by atoms with van der Waals surface area (Å²) in [6.07, 6.45) is 1.32. The summed E-state index contributed by atoms with van der Waals surface area (Å²) in [7, 11) is 0. The molecule has 2 unspecified atom stereocenters. The molecular formula is C13H12F3NO3. The van der Waals surface area contributed by atoms with E-state index in [1.165, 1.54) is 0 Å². The average molecular weight is 287 g/mol. The van der Waals surface area contributed by atoms with Gasteiger partial charge in [-0.25, -0.2) is 13.2 Å². The lowest BCUT2D eigenvalue weighted by Gasteiger charge is -2.16. The van der Waals surface area contributed by atoms with E-state index in [0.29, 0.717) is 25.3 Å². The predicted octanol–water partition coefficient (Wildman–Crippen LogP) is 2.54. The molecule has 1 aromatic rings. The second-order valence-corrected chi connectivity index (χ2v) is 4.69. The summed E-state index contributed by atoms with van der Waals surface area (Å²) >= 11 is 0. The van der Waals surface area contributed by atoms with Crippen LogP contribution < -0.4 is 5.32 Å². The van der Waals surface area contributed by atoms with Crippen molar-refractivity contribution in [2.75, 3.05) is 5.32 Å². The Morgan fingerprint density at radius 3 is 2.40 bits per heavy atom. The Morgan fingerprint density at radius 2 is 1.75 bits per heavy atom. The molecule has 2 rings (SSSR count). The van der Waals surface area contributed by atoms with Crippen LogP contribution in [0.15, 0.2) is 12.1 Å². The molecule has 7 heteroatoms. The third-order valence-corrected chi connectivity index (χ3v) is 3.46. The fourth-order valence-electron chi connectivity index (χ4n) is 2.42. The number of halogens is 3. The van der Waals surface area contributed by atoms with E-state index in [1.807, 2.05) is 0 Å². The highest BCUT2D eigenvalue weighted by atomic mass is 19.2. The normalized spacial score (nSPS) is 21.8. The second-order valence-electron chi connectivity index (χ2n) is 4.69. The van der Waals surface area contributed by atoms with Gasteiger partial charge >= 0.3 is 5.97 Å². The van der Waals surface area contributed by atoms with Crippen LogP contribution in [0.4, 0.5) is 18.9 Å². The van der Waals surface area contributed by atoms with Crippen LogP contribution in [0.3, 0.4) is 0 Å². The largest absolute Gasteiger partial charge is 0.481 e. The Balaban J connectivity index is 2.16. The van der Waals surface area contributed by atoms with E-state index in [1.54, 1.807) is 0 Å². The molecule has 1 saturated carbocycles. The van der Waals surface area contributed by atoms with Crippen molar-refractivity contribution in [2.45, 2.75) is 19.3 Å². The molecule has 0 radical (unpaired) electrons. The van der Waals surface area contributed by atoms with Gasteiger partial charge in [-0.1, -0.05) is 6.42 Å². The van der Waals surface area contributed by atoms with Crippen molar-refractivity contribution in [2.24, 2.45) is 11.8 Å². The number of hydrogen-bond donors (Lipinski definition) is 2. The number of carboxylic acid groups (broad SMARTS) is 1. The summed E-state index contributed by atoms with van der Waals surface area (Å²) in [6.45, 7) is 0. The molecule has 0 bridgehead atoms. The number of benzene rings is 1. The van der Waals surface area contributed by atoms with Gasteiger partial charge in [-0.3, -0.25) is 9.59 Å². The molecule has 1 aromatic carbocycles. The molecule has 1 aliphatic rings. The minimum Gasteiger partial charge on any atom is -0.481 e. The Bertz CT molecular complexity index is 562. The Morgan fingerprint density at radius 1 is 1.10 bits per heavy atom. The lowest BCUT2D eigenvalue weighted by atomic mass is 9.95. The van der Waals surface area contributed by atoms with Crippen LogP contribution in [-0.4, -0.2) is 17.0 Å². The quantitative estimate of drug-likeness (QED) is 0.840. The number of aliphatic carboxylic acids is 1. The highest BCUT2D eigenvalue weighted by molar-refractivity contribution is 5.95. The molecule has 108 valence electrons. The zero-order valence-corrected chi connectivity index (χ0v) is 10.3. The highest BCUT2D eigenvalue weighted by Crippen LogP contribution is 2.33. The van der Waals surface area contributed by atoms with Crippen LogP contribution >= 0.6 is 0 Å². The summed E-state index contributed by atoms with van der Waals surface area (Å²) in [4.78, 5) is 22.9. The van der Waals surface area contributed by atoms with Crippen LogP contribution in [0.1, 0.15) is 19.3 Å². The minimum atomic E-state index is -1.68. The maximum Gasteiger partial charge on any atom is 0.307 e. The summed E-state index contributed by atoms with van der Waals surface area (Å²) in [6, 6.07) is 1.59. The summed E-state index contributed by atoms with van der Waals surface area (Å²) < 4.78 is 39.2. The Hall–Kier alpha value is -2.05. The van der Waals surface area contributed by atoms with Crippen LogP contribution in [0, 0.1) is 29.3 Å². The first-order chi connectivity index (χ1) is 9.41. The first-order valence-corrected chi connectivity index (χ1v) is 6.09. The van der Waals surface area contributed by atoms with E-state index in [0.717, 1.165) is 6.07 Å². The van der Waals surface area contributed by atoms with Crippen molar-refractivity contribution >= 4 is 17.6 Å². The average Bonchev–Trinajstić information content (AvgIpc) is 2.89. The molecule has 0 spiro atoms. The molecule has 2 N–H and O–H groups in total. The molecule has 20 heavy (non-hydrogen) atoms. The first kappa shape index (κ1) is 14.4. The van der Waals surface area contributed by atoms with Gasteiger partial charge in [0.2, 0.25) is 5.91 Å². The lowest BCUT2D eigenvalue weighted by molar-refractivity contribution is -0.145. The number of rotatable bonds is 3. The maximum absolute atomic E-state index is 13.4. The molecule has 4 nitrogen and oxygen atoms in total. The molecule has 0 heterocycles. The number of hydrogen-bond acceptors (Lipinski definition) is 2. The molecule has 0 saturated heterocycles. The Labute approximate surface area is 112 Å². The number of anilines is 1. The molecule has 0 aromatic heterocycles. The third-order valence-electron chi connectivity index (χ3n) is 3.46. The van der Waals surface area contributed by atoms with Crippen LogP contribution in [-0.2, 0) is 9.59 Å².